The predicted octanol–water partition coefficient (Wildman–Crippen LogP) is 2.79. The van der Waals surface area contributed by atoms with Gasteiger partial charge in [-0.3, -0.25) is 9.59 Å². The quantitative estimate of drug-likeness (QED) is 0.783. The molecule has 130 valence electrons. The van der Waals surface area contributed by atoms with Gasteiger partial charge >= 0.3 is 0 Å². The average molecular weight is 402 g/mol. The van der Waals surface area contributed by atoms with Crippen LogP contribution in [0.15, 0.2) is 41.5 Å². The van der Waals surface area contributed by atoms with E-state index in [-0.39, 0.29) is 17.9 Å². The summed E-state index contributed by atoms with van der Waals surface area (Å²) < 4.78 is 3.10. The highest BCUT2D eigenvalue weighted by molar-refractivity contribution is 9.10. The summed E-state index contributed by atoms with van der Waals surface area (Å²) in [5.74, 6) is 0.533. The highest BCUT2D eigenvalue weighted by Crippen LogP contribution is 2.44. The molecule has 1 aliphatic carbocycles. The van der Waals surface area contributed by atoms with Crippen LogP contribution in [0.5, 0.6) is 0 Å². The standard InChI is InChI=1S/C19H20BrN3O2/c1-2-19(25)23-8-14(9-23)21-18(24)11-22-10-16(12-3-4-12)15-7-13(20)5-6-17(15)22/h2,5-7,10,12,14H,1,3-4,8-9,11H2,(H,21,24). The number of benzene rings is 1. The van der Waals surface area contributed by atoms with E-state index < -0.39 is 0 Å². The molecule has 5 nitrogen and oxygen atoms in total. The highest BCUT2D eigenvalue weighted by Gasteiger charge is 2.31. The summed E-state index contributed by atoms with van der Waals surface area (Å²) in [5, 5.41) is 4.24. The smallest absolute Gasteiger partial charge is 0.246 e. The lowest BCUT2D eigenvalue weighted by Crippen LogP contribution is -2.61. The zero-order valence-electron chi connectivity index (χ0n) is 13.9. The molecular formula is C19H20BrN3O2. The summed E-state index contributed by atoms with van der Waals surface area (Å²) in [7, 11) is 0. The van der Waals surface area contributed by atoms with Crippen molar-refractivity contribution < 1.29 is 9.59 Å². The van der Waals surface area contributed by atoms with Crippen LogP contribution in [-0.2, 0) is 16.1 Å². The van der Waals surface area contributed by atoms with Gasteiger partial charge in [-0.1, -0.05) is 22.5 Å². The maximum absolute atomic E-state index is 12.4. The summed E-state index contributed by atoms with van der Waals surface area (Å²) in [5.41, 5.74) is 2.44. The monoisotopic (exact) mass is 401 g/mol. The molecule has 2 amide bonds. The van der Waals surface area contributed by atoms with Crippen LogP contribution in [0, 0.1) is 0 Å². The number of hydrogen-bond acceptors (Lipinski definition) is 2. The van der Waals surface area contributed by atoms with Crippen LogP contribution in [0.1, 0.15) is 24.3 Å². The molecule has 4 rings (SSSR count). The molecule has 0 atom stereocenters. The number of amides is 2. The van der Waals surface area contributed by atoms with E-state index >= 15 is 0 Å². The number of fused-ring (bicyclic) bond motifs is 1. The SMILES string of the molecule is C=CC(=O)N1CC(NC(=O)Cn2cc(C3CC3)c3cc(Br)ccc32)C1. The molecular weight excluding hydrogens is 382 g/mol. The van der Waals surface area contributed by atoms with Gasteiger partial charge < -0.3 is 14.8 Å². The molecule has 1 saturated heterocycles. The minimum absolute atomic E-state index is 0.0159. The van der Waals surface area contributed by atoms with E-state index in [9.17, 15) is 9.59 Å². The average Bonchev–Trinajstić information content (AvgIpc) is 3.33. The van der Waals surface area contributed by atoms with E-state index in [0.29, 0.717) is 25.6 Å². The summed E-state index contributed by atoms with van der Waals surface area (Å²) in [4.78, 5) is 25.5. The van der Waals surface area contributed by atoms with Crippen LogP contribution in [0.4, 0.5) is 0 Å². The summed E-state index contributed by atoms with van der Waals surface area (Å²) in [6, 6.07) is 6.25. The van der Waals surface area contributed by atoms with Gasteiger partial charge in [-0.05, 0) is 48.6 Å². The van der Waals surface area contributed by atoms with E-state index in [0.717, 1.165) is 9.99 Å². The van der Waals surface area contributed by atoms with Gasteiger partial charge in [0.2, 0.25) is 11.8 Å². The first-order chi connectivity index (χ1) is 12.0. The Morgan fingerprint density at radius 3 is 2.76 bits per heavy atom. The molecule has 2 fully saturated rings. The molecule has 6 heteroatoms. The maximum atomic E-state index is 12.4. The number of nitrogens with one attached hydrogen (secondary N) is 1. The van der Waals surface area contributed by atoms with Crippen molar-refractivity contribution in [3.8, 4) is 0 Å². The minimum Gasteiger partial charge on any atom is -0.348 e. The number of nitrogens with zero attached hydrogens (tertiary/aromatic N) is 2. The largest absolute Gasteiger partial charge is 0.348 e. The molecule has 0 unspecified atom stereocenters. The van der Waals surface area contributed by atoms with E-state index in [1.807, 2.05) is 10.6 Å². The number of hydrogen-bond donors (Lipinski definition) is 1. The molecule has 1 aromatic heterocycles. The van der Waals surface area contributed by atoms with Gasteiger partial charge in [0.05, 0.1) is 6.04 Å². The predicted molar refractivity (Wildman–Crippen MR) is 100 cm³/mol. The molecule has 2 aromatic rings. The number of carbonyl (C=O) groups excluding carboxylic acids is 2. The van der Waals surface area contributed by atoms with Crippen LogP contribution < -0.4 is 5.32 Å². The van der Waals surface area contributed by atoms with E-state index in [4.69, 9.17) is 0 Å². The number of aromatic nitrogens is 1. The number of likely N-dealkylation sites (tertiary alicyclic amines) is 1. The van der Waals surface area contributed by atoms with Crippen molar-refractivity contribution in [2.45, 2.75) is 31.3 Å². The Labute approximate surface area is 154 Å². The van der Waals surface area contributed by atoms with Gasteiger partial charge in [0.25, 0.3) is 0 Å². The molecule has 0 spiro atoms. The lowest BCUT2D eigenvalue weighted by molar-refractivity contribution is -0.133. The first kappa shape index (κ1) is 16.4. The number of carbonyl (C=O) groups is 2. The Morgan fingerprint density at radius 1 is 1.32 bits per heavy atom. The first-order valence-corrected chi connectivity index (χ1v) is 9.33. The topological polar surface area (TPSA) is 54.3 Å². The lowest BCUT2D eigenvalue weighted by atomic mass is 10.1. The van der Waals surface area contributed by atoms with Crippen LogP contribution >= 0.6 is 15.9 Å². The third kappa shape index (κ3) is 3.23. The fourth-order valence-corrected chi connectivity index (χ4v) is 3.82. The van der Waals surface area contributed by atoms with Crippen LogP contribution in [0.3, 0.4) is 0 Å². The van der Waals surface area contributed by atoms with Gasteiger partial charge in [-0.25, -0.2) is 0 Å². The molecule has 2 aliphatic rings. The van der Waals surface area contributed by atoms with Gasteiger partial charge in [0, 0.05) is 34.7 Å². The Morgan fingerprint density at radius 2 is 2.08 bits per heavy atom. The number of rotatable bonds is 5. The first-order valence-electron chi connectivity index (χ1n) is 8.54. The highest BCUT2D eigenvalue weighted by atomic mass is 79.9. The van der Waals surface area contributed by atoms with Crippen molar-refractivity contribution >= 4 is 38.6 Å². The molecule has 0 radical (unpaired) electrons. The molecule has 1 aliphatic heterocycles. The Bertz CT molecular complexity index is 863. The normalized spacial score (nSPS) is 17.4. The van der Waals surface area contributed by atoms with Crippen LogP contribution in [0.2, 0.25) is 0 Å². The van der Waals surface area contributed by atoms with Crippen molar-refractivity contribution in [3.63, 3.8) is 0 Å². The third-order valence-electron chi connectivity index (χ3n) is 4.94. The van der Waals surface area contributed by atoms with Crippen molar-refractivity contribution in [2.75, 3.05) is 13.1 Å². The fraction of sp³-hybridized carbons (Fsp3) is 0.368. The van der Waals surface area contributed by atoms with E-state index in [1.165, 1.54) is 29.9 Å². The van der Waals surface area contributed by atoms with Gasteiger partial charge in [0.15, 0.2) is 0 Å². The van der Waals surface area contributed by atoms with Crippen molar-refractivity contribution in [1.29, 1.82) is 0 Å². The molecule has 2 heterocycles. The zero-order valence-corrected chi connectivity index (χ0v) is 15.5. The van der Waals surface area contributed by atoms with Crippen LogP contribution in [-0.4, -0.2) is 40.4 Å². The van der Waals surface area contributed by atoms with E-state index in [1.54, 1.807) is 4.90 Å². The van der Waals surface area contributed by atoms with E-state index in [2.05, 4.69) is 46.2 Å². The molecule has 1 aromatic carbocycles. The molecule has 25 heavy (non-hydrogen) atoms. The Hall–Kier alpha value is -2.08. The van der Waals surface area contributed by atoms with Gasteiger partial charge in [0.1, 0.15) is 6.54 Å². The zero-order chi connectivity index (χ0) is 17.6. The van der Waals surface area contributed by atoms with Crippen molar-refractivity contribution in [2.24, 2.45) is 0 Å². The second-order valence-corrected chi connectivity index (χ2v) is 7.78. The van der Waals surface area contributed by atoms with Crippen molar-refractivity contribution in [1.82, 2.24) is 14.8 Å². The van der Waals surface area contributed by atoms with Gasteiger partial charge in [-0.2, -0.15) is 0 Å². The summed E-state index contributed by atoms with van der Waals surface area (Å²) in [6.45, 7) is 4.90. The minimum atomic E-state index is -0.0819. The van der Waals surface area contributed by atoms with Gasteiger partial charge in [-0.15, -0.1) is 0 Å². The summed E-state index contributed by atoms with van der Waals surface area (Å²) in [6.07, 6.45) is 5.89. The molecule has 1 saturated carbocycles. The number of halogens is 1. The second-order valence-electron chi connectivity index (χ2n) is 6.86. The molecule has 1 N–H and O–H groups in total. The molecule has 0 bridgehead atoms. The lowest BCUT2D eigenvalue weighted by Gasteiger charge is -2.38. The third-order valence-corrected chi connectivity index (χ3v) is 5.43. The van der Waals surface area contributed by atoms with Crippen LogP contribution in [0.25, 0.3) is 10.9 Å². The Balaban J connectivity index is 1.45. The maximum Gasteiger partial charge on any atom is 0.246 e. The van der Waals surface area contributed by atoms with Crippen molar-refractivity contribution in [3.05, 3.63) is 47.1 Å². The summed E-state index contributed by atoms with van der Waals surface area (Å²) >= 11 is 3.54. The fourth-order valence-electron chi connectivity index (χ4n) is 3.45. The second kappa shape index (κ2) is 6.33. The Kier molecular flexibility index (Phi) is 4.15.